The average Bonchev–Trinajstić information content (AvgIpc) is 2.76. The Kier molecular flexibility index (Phi) is 6.11. The molecule has 0 spiro atoms. The monoisotopic (exact) mass is 307 g/mol. The molecule has 0 bridgehead atoms. The zero-order valence-corrected chi connectivity index (χ0v) is 12.9. The lowest BCUT2D eigenvalue weighted by molar-refractivity contribution is -0.128. The molecule has 2 rings (SSSR count). The summed E-state index contributed by atoms with van der Waals surface area (Å²) < 4.78 is 0. The summed E-state index contributed by atoms with van der Waals surface area (Å²) in [5.41, 5.74) is 1.25. The number of rotatable bonds is 5. The lowest BCUT2D eigenvalue weighted by atomic mass is 10.1. The topological polar surface area (TPSA) is 57.6 Å². The van der Waals surface area contributed by atoms with Gasteiger partial charge in [-0.1, -0.05) is 25.0 Å². The minimum absolute atomic E-state index is 0.205. The number of carboxylic acid groups (broad SMARTS) is 1. The number of carbonyl (C=O) groups excluding carboxylic acids is 1. The largest absolute Gasteiger partial charge is 0.478 e. The van der Waals surface area contributed by atoms with Crippen LogP contribution in [0.5, 0.6) is 0 Å². The first-order chi connectivity index (χ1) is 10.2. The first-order valence-corrected chi connectivity index (χ1v) is 8.50. The van der Waals surface area contributed by atoms with E-state index < -0.39 is 5.97 Å². The first-order valence-electron chi connectivity index (χ1n) is 7.34. The van der Waals surface area contributed by atoms with Crippen molar-refractivity contribution in [2.45, 2.75) is 31.4 Å². The zero-order valence-electron chi connectivity index (χ0n) is 12.1. The van der Waals surface area contributed by atoms with Crippen LogP contribution < -0.4 is 0 Å². The molecule has 0 radical (unpaired) electrons. The fraction of sp³-hybridized carbons (Fsp3) is 0.500. The quantitative estimate of drug-likeness (QED) is 0.908. The Morgan fingerprint density at radius 2 is 1.86 bits per heavy atom. The number of carboxylic acids is 1. The Morgan fingerprint density at radius 1 is 1.14 bits per heavy atom. The molecule has 0 aliphatic carbocycles. The van der Waals surface area contributed by atoms with Gasteiger partial charge in [-0.3, -0.25) is 4.79 Å². The minimum atomic E-state index is -0.914. The molecule has 21 heavy (non-hydrogen) atoms. The van der Waals surface area contributed by atoms with E-state index in [1.54, 1.807) is 30.0 Å². The van der Waals surface area contributed by atoms with Crippen molar-refractivity contribution in [1.82, 2.24) is 4.90 Å². The van der Waals surface area contributed by atoms with Crippen molar-refractivity contribution < 1.29 is 14.7 Å². The zero-order chi connectivity index (χ0) is 15.1. The standard InChI is InChI=1S/C16H21NO3S/c18-15(17-8-3-1-2-4-9-17)12-21-11-13-6-5-7-14(10-13)16(19)20/h5-7,10H,1-4,8-9,11-12H2,(H,19,20). The summed E-state index contributed by atoms with van der Waals surface area (Å²) in [6.07, 6.45) is 4.66. The third kappa shape index (κ3) is 5.08. The fourth-order valence-electron chi connectivity index (χ4n) is 2.46. The predicted molar refractivity (Wildman–Crippen MR) is 84.6 cm³/mol. The van der Waals surface area contributed by atoms with Crippen molar-refractivity contribution in [2.75, 3.05) is 18.8 Å². The molecule has 114 valence electrons. The van der Waals surface area contributed by atoms with Crippen molar-refractivity contribution in [1.29, 1.82) is 0 Å². The minimum Gasteiger partial charge on any atom is -0.478 e. The van der Waals surface area contributed by atoms with Crippen LogP contribution in [-0.4, -0.2) is 40.7 Å². The third-order valence-electron chi connectivity index (χ3n) is 3.63. The van der Waals surface area contributed by atoms with Crippen molar-refractivity contribution in [3.63, 3.8) is 0 Å². The molecule has 0 aromatic heterocycles. The van der Waals surface area contributed by atoms with Crippen LogP contribution in [0.2, 0.25) is 0 Å². The lowest BCUT2D eigenvalue weighted by Crippen LogP contribution is -2.33. The number of aromatic carboxylic acids is 1. The Morgan fingerprint density at radius 3 is 2.52 bits per heavy atom. The maximum Gasteiger partial charge on any atom is 0.335 e. The number of thioether (sulfide) groups is 1. The van der Waals surface area contributed by atoms with Crippen LogP contribution in [0.3, 0.4) is 0 Å². The van der Waals surface area contributed by atoms with E-state index in [1.807, 2.05) is 11.0 Å². The highest BCUT2D eigenvalue weighted by Gasteiger charge is 2.15. The molecule has 4 nitrogen and oxygen atoms in total. The van der Waals surface area contributed by atoms with Crippen molar-refractivity contribution in [2.24, 2.45) is 0 Å². The SMILES string of the molecule is O=C(O)c1cccc(CSCC(=O)N2CCCCCC2)c1. The van der Waals surface area contributed by atoms with Crippen molar-refractivity contribution in [3.05, 3.63) is 35.4 Å². The Balaban J connectivity index is 1.79. The second-order valence-electron chi connectivity index (χ2n) is 5.29. The van der Waals surface area contributed by atoms with Crippen LogP contribution >= 0.6 is 11.8 Å². The summed E-state index contributed by atoms with van der Waals surface area (Å²) in [4.78, 5) is 25.0. The summed E-state index contributed by atoms with van der Waals surface area (Å²) >= 11 is 1.55. The van der Waals surface area contributed by atoms with E-state index in [0.717, 1.165) is 31.5 Å². The van der Waals surface area contributed by atoms with Crippen LogP contribution in [0.1, 0.15) is 41.6 Å². The molecule has 0 atom stereocenters. The van der Waals surface area contributed by atoms with E-state index in [4.69, 9.17) is 5.11 Å². The summed E-state index contributed by atoms with van der Waals surface area (Å²) in [5.74, 6) is 0.427. The smallest absolute Gasteiger partial charge is 0.335 e. The number of carbonyl (C=O) groups is 2. The van der Waals surface area contributed by atoms with Gasteiger partial charge in [0.2, 0.25) is 5.91 Å². The van der Waals surface area contributed by atoms with Crippen LogP contribution in [-0.2, 0) is 10.5 Å². The second-order valence-corrected chi connectivity index (χ2v) is 6.28. The highest BCUT2D eigenvalue weighted by atomic mass is 32.2. The van der Waals surface area contributed by atoms with Gasteiger partial charge >= 0.3 is 5.97 Å². The van der Waals surface area contributed by atoms with Crippen LogP contribution in [0, 0.1) is 0 Å². The maximum absolute atomic E-state index is 12.1. The Labute approximate surface area is 129 Å². The van der Waals surface area contributed by atoms with E-state index in [9.17, 15) is 9.59 Å². The number of benzene rings is 1. The second kappa shape index (κ2) is 8.08. The van der Waals surface area contributed by atoms with Gasteiger partial charge in [0.25, 0.3) is 0 Å². The number of hydrogen-bond donors (Lipinski definition) is 1. The van der Waals surface area contributed by atoms with Gasteiger partial charge in [0.05, 0.1) is 11.3 Å². The highest BCUT2D eigenvalue weighted by molar-refractivity contribution is 7.99. The van der Waals surface area contributed by atoms with Gasteiger partial charge < -0.3 is 10.0 Å². The Bertz CT molecular complexity index is 496. The van der Waals surface area contributed by atoms with E-state index >= 15 is 0 Å². The molecule has 1 heterocycles. The van der Waals surface area contributed by atoms with Crippen molar-refractivity contribution >= 4 is 23.6 Å². The van der Waals surface area contributed by atoms with Gasteiger partial charge in [-0.25, -0.2) is 4.79 Å². The van der Waals surface area contributed by atoms with E-state index in [1.165, 1.54) is 12.8 Å². The molecule has 1 aliphatic rings. The molecule has 1 fully saturated rings. The van der Waals surface area contributed by atoms with Gasteiger partial charge in [0.15, 0.2) is 0 Å². The van der Waals surface area contributed by atoms with Gasteiger partial charge in [-0.2, -0.15) is 0 Å². The number of hydrogen-bond acceptors (Lipinski definition) is 3. The van der Waals surface area contributed by atoms with Gasteiger partial charge in [-0.15, -0.1) is 11.8 Å². The molecule has 0 unspecified atom stereocenters. The van der Waals surface area contributed by atoms with Crippen LogP contribution in [0.25, 0.3) is 0 Å². The van der Waals surface area contributed by atoms with E-state index in [2.05, 4.69) is 0 Å². The van der Waals surface area contributed by atoms with Gasteiger partial charge in [0.1, 0.15) is 0 Å². The third-order valence-corrected chi connectivity index (χ3v) is 4.62. The molecular formula is C16H21NO3S. The molecule has 1 N–H and O–H groups in total. The van der Waals surface area contributed by atoms with Gasteiger partial charge in [-0.05, 0) is 30.5 Å². The predicted octanol–water partition coefficient (Wildman–Crippen LogP) is 3.02. The van der Waals surface area contributed by atoms with Crippen molar-refractivity contribution in [3.8, 4) is 0 Å². The summed E-state index contributed by atoms with van der Waals surface area (Å²) in [5, 5.41) is 8.95. The Hall–Kier alpha value is -1.49. The summed E-state index contributed by atoms with van der Waals surface area (Å²) in [6, 6.07) is 6.90. The lowest BCUT2D eigenvalue weighted by Gasteiger charge is -2.19. The number of likely N-dealkylation sites (tertiary alicyclic amines) is 1. The van der Waals surface area contributed by atoms with Crippen LogP contribution in [0.15, 0.2) is 24.3 Å². The van der Waals surface area contributed by atoms with E-state index in [0.29, 0.717) is 17.1 Å². The normalized spacial score (nSPS) is 15.5. The number of amides is 1. The van der Waals surface area contributed by atoms with E-state index in [-0.39, 0.29) is 5.91 Å². The average molecular weight is 307 g/mol. The molecular weight excluding hydrogens is 286 g/mol. The molecule has 5 heteroatoms. The molecule has 0 saturated carbocycles. The number of nitrogens with zero attached hydrogens (tertiary/aromatic N) is 1. The van der Waals surface area contributed by atoms with Gasteiger partial charge in [0, 0.05) is 18.8 Å². The highest BCUT2D eigenvalue weighted by Crippen LogP contribution is 2.16. The first kappa shape index (κ1) is 15.9. The molecule has 1 amide bonds. The summed E-state index contributed by atoms with van der Waals surface area (Å²) in [7, 11) is 0. The summed E-state index contributed by atoms with van der Waals surface area (Å²) in [6.45, 7) is 1.77. The molecule has 1 saturated heterocycles. The molecule has 1 aromatic rings. The van der Waals surface area contributed by atoms with Crippen LogP contribution in [0.4, 0.5) is 0 Å². The molecule has 1 aliphatic heterocycles. The fourth-order valence-corrected chi connectivity index (χ4v) is 3.34. The maximum atomic E-state index is 12.1. The molecule has 1 aromatic carbocycles.